The van der Waals surface area contributed by atoms with Gasteiger partial charge in [0.2, 0.25) is 0 Å². The number of non-ortho nitro benzene ring substituents is 1. The van der Waals surface area contributed by atoms with E-state index in [-0.39, 0.29) is 12.3 Å². The van der Waals surface area contributed by atoms with Crippen LogP contribution in [0, 0.1) is 24.0 Å². The van der Waals surface area contributed by atoms with E-state index in [1.807, 2.05) is 43.3 Å². The van der Waals surface area contributed by atoms with Gasteiger partial charge in [0.05, 0.1) is 17.7 Å². The van der Waals surface area contributed by atoms with Crippen LogP contribution in [0.5, 0.6) is 11.5 Å². The van der Waals surface area contributed by atoms with Gasteiger partial charge in [0, 0.05) is 17.7 Å². The van der Waals surface area contributed by atoms with Crippen LogP contribution in [0.25, 0.3) is 10.8 Å². The Morgan fingerprint density at radius 3 is 2.52 bits per heavy atom. The van der Waals surface area contributed by atoms with Gasteiger partial charge < -0.3 is 9.47 Å². The minimum atomic E-state index is -0.463. The number of ether oxygens (including phenoxy) is 2. The zero-order valence-electron chi connectivity index (χ0n) is 17.5. The summed E-state index contributed by atoms with van der Waals surface area (Å²) >= 11 is 0. The first-order valence-electron chi connectivity index (χ1n) is 9.75. The molecule has 31 heavy (non-hydrogen) atoms. The number of nitrogens with zero attached hydrogens (tertiary/aromatic N) is 2. The highest BCUT2D eigenvalue weighted by atomic mass is 16.6. The molecule has 0 heterocycles. The van der Waals surface area contributed by atoms with Crippen molar-refractivity contribution in [1.82, 2.24) is 5.43 Å². The standard InChI is InChI=1S/C23H23N3O5/c1-4-30-21-10-9-17-7-5-6-8-19(17)20(21)13-24-25-22(27)14-31-23-15(2)11-18(26(28)29)12-16(23)3/h5-13H,4,14H2,1-3H3,(H,25,27). The zero-order valence-corrected chi connectivity index (χ0v) is 17.5. The van der Waals surface area contributed by atoms with Crippen LogP contribution in [0.4, 0.5) is 5.69 Å². The molecule has 8 nitrogen and oxygen atoms in total. The number of hydrazone groups is 1. The second kappa shape index (κ2) is 9.71. The van der Waals surface area contributed by atoms with Crippen LogP contribution in [0.1, 0.15) is 23.6 Å². The number of carbonyl (C=O) groups is 1. The molecule has 0 radical (unpaired) electrons. The average molecular weight is 421 g/mol. The van der Waals surface area contributed by atoms with Crippen molar-refractivity contribution in [2.24, 2.45) is 5.10 Å². The summed E-state index contributed by atoms with van der Waals surface area (Å²) in [6.45, 7) is 5.53. The lowest BCUT2D eigenvalue weighted by Crippen LogP contribution is -2.25. The van der Waals surface area contributed by atoms with Gasteiger partial charge in [0.25, 0.3) is 11.6 Å². The van der Waals surface area contributed by atoms with Crippen LogP contribution >= 0.6 is 0 Å². The average Bonchev–Trinajstić information content (AvgIpc) is 2.74. The maximum atomic E-state index is 12.2. The van der Waals surface area contributed by atoms with Crippen LogP contribution in [-0.2, 0) is 4.79 Å². The highest BCUT2D eigenvalue weighted by Crippen LogP contribution is 2.28. The summed E-state index contributed by atoms with van der Waals surface area (Å²) in [5.41, 5.74) is 4.36. The van der Waals surface area contributed by atoms with Crippen LogP contribution in [-0.4, -0.2) is 30.3 Å². The van der Waals surface area contributed by atoms with Crippen LogP contribution in [0.2, 0.25) is 0 Å². The molecule has 0 aliphatic rings. The highest BCUT2D eigenvalue weighted by molar-refractivity contribution is 6.02. The number of hydrogen-bond donors (Lipinski definition) is 1. The Labute approximate surface area is 179 Å². The first-order valence-corrected chi connectivity index (χ1v) is 9.75. The number of rotatable bonds is 8. The monoisotopic (exact) mass is 421 g/mol. The van der Waals surface area contributed by atoms with Gasteiger partial charge in [-0.05, 0) is 48.7 Å². The number of nitro benzene ring substituents is 1. The van der Waals surface area contributed by atoms with Gasteiger partial charge in [-0.1, -0.05) is 30.3 Å². The van der Waals surface area contributed by atoms with Crippen molar-refractivity contribution in [2.45, 2.75) is 20.8 Å². The van der Waals surface area contributed by atoms with Gasteiger partial charge in [-0.2, -0.15) is 5.10 Å². The molecule has 0 spiro atoms. The third kappa shape index (κ3) is 5.16. The van der Waals surface area contributed by atoms with Crippen molar-refractivity contribution in [3.8, 4) is 11.5 Å². The third-order valence-electron chi connectivity index (χ3n) is 4.62. The molecule has 8 heteroatoms. The minimum Gasteiger partial charge on any atom is -0.493 e. The summed E-state index contributed by atoms with van der Waals surface area (Å²) in [7, 11) is 0. The number of nitro groups is 1. The maximum absolute atomic E-state index is 12.2. The topological polar surface area (TPSA) is 103 Å². The predicted molar refractivity (Wildman–Crippen MR) is 119 cm³/mol. The lowest BCUT2D eigenvalue weighted by Gasteiger charge is -2.11. The third-order valence-corrected chi connectivity index (χ3v) is 4.62. The van der Waals surface area contributed by atoms with E-state index >= 15 is 0 Å². The second-order valence-corrected chi connectivity index (χ2v) is 6.88. The van der Waals surface area contributed by atoms with Crippen molar-refractivity contribution < 1.29 is 19.2 Å². The van der Waals surface area contributed by atoms with Crippen molar-refractivity contribution in [3.05, 3.63) is 75.3 Å². The second-order valence-electron chi connectivity index (χ2n) is 6.88. The number of aryl methyl sites for hydroxylation is 2. The molecule has 0 aliphatic carbocycles. The van der Waals surface area contributed by atoms with E-state index < -0.39 is 10.8 Å². The van der Waals surface area contributed by atoms with Gasteiger partial charge in [-0.15, -0.1) is 0 Å². The van der Waals surface area contributed by atoms with Crippen molar-refractivity contribution in [2.75, 3.05) is 13.2 Å². The Kier molecular flexibility index (Phi) is 6.81. The Balaban J connectivity index is 1.69. The number of benzene rings is 3. The molecule has 160 valence electrons. The summed E-state index contributed by atoms with van der Waals surface area (Å²) in [4.78, 5) is 22.7. The molecule has 0 bridgehead atoms. The molecule has 0 saturated heterocycles. The van der Waals surface area contributed by atoms with Gasteiger partial charge in [0.15, 0.2) is 6.61 Å². The van der Waals surface area contributed by atoms with Crippen molar-refractivity contribution in [3.63, 3.8) is 0 Å². The molecular formula is C23H23N3O5. The van der Waals surface area contributed by atoms with Crippen molar-refractivity contribution in [1.29, 1.82) is 0 Å². The molecule has 0 fully saturated rings. The predicted octanol–water partition coefficient (Wildman–Crippen LogP) is 4.29. The lowest BCUT2D eigenvalue weighted by atomic mass is 10.0. The number of carbonyl (C=O) groups excluding carboxylic acids is 1. The van der Waals surface area contributed by atoms with E-state index in [2.05, 4.69) is 10.5 Å². The summed E-state index contributed by atoms with van der Waals surface area (Å²) < 4.78 is 11.3. The van der Waals surface area contributed by atoms with Gasteiger partial charge >= 0.3 is 0 Å². The normalized spacial score (nSPS) is 10.9. The highest BCUT2D eigenvalue weighted by Gasteiger charge is 2.14. The minimum absolute atomic E-state index is 0.0170. The molecule has 1 amide bonds. The smallest absolute Gasteiger partial charge is 0.277 e. The molecule has 0 aromatic heterocycles. The Bertz CT molecular complexity index is 1130. The molecule has 1 N–H and O–H groups in total. The van der Waals surface area contributed by atoms with Crippen molar-refractivity contribution >= 4 is 28.6 Å². The first kappa shape index (κ1) is 21.8. The van der Waals surface area contributed by atoms with E-state index in [0.717, 1.165) is 16.3 Å². The maximum Gasteiger partial charge on any atom is 0.277 e. The lowest BCUT2D eigenvalue weighted by molar-refractivity contribution is -0.385. The van der Waals surface area contributed by atoms with E-state index in [1.165, 1.54) is 12.1 Å². The van der Waals surface area contributed by atoms with E-state index in [4.69, 9.17) is 9.47 Å². The fourth-order valence-electron chi connectivity index (χ4n) is 3.29. The largest absolute Gasteiger partial charge is 0.493 e. The summed E-state index contributed by atoms with van der Waals surface area (Å²) in [6, 6.07) is 14.5. The first-order chi connectivity index (χ1) is 14.9. The molecule has 0 atom stereocenters. The molecule has 3 rings (SSSR count). The summed E-state index contributed by atoms with van der Waals surface area (Å²) in [5.74, 6) is 0.664. The zero-order chi connectivity index (χ0) is 22.4. The number of nitrogens with one attached hydrogen (secondary N) is 1. The molecular weight excluding hydrogens is 398 g/mol. The molecule has 3 aromatic carbocycles. The van der Waals surface area contributed by atoms with E-state index in [0.29, 0.717) is 29.2 Å². The Morgan fingerprint density at radius 1 is 1.13 bits per heavy atom. The van der Waals surface area contributed by atoms with Crippen LogP contribution in [0.15, 0.2) is 53.6 Å². The van der Waals surface area contributed by atoms with Gasteiger partial charge in [0.1, 0.15) is 11.5 Å². The number of fused-ring (bicyclic) bond motifs is 1. The summed E-state index contributed by atoms with van der Waals surface area (Å²) in [5, 5.41) is 17.0. The molecule has 0 saturated carbocycles. The van der Waals surface area contributed by atoms with Gasteiger partial charge in [-0.3, -0.25) is 14.9 Å². The fourth-order valence-corrected chi connectivity index (χ4v) is 3.29. The molecule has 0 unspecified atom stereocenters. The Morgan fingerprint density at radius 2 is 1.84 bits per heavy atom. The molecule has 3 aromatic rings. The SMILES string of the molecule is CCOc1ccc2ccccc2c1C=NNC(=O)COc1c(C)cc([N+](=O)[O-])cc1C. The van der Waals surface area contributed by atoms with E-state index in [9.17, 15) is 14.9 Å². The molecule has 0 aliphatic heterocycles. The summed E-state index contributed by atoms with van der Waals surface area (Å²) in [6.07, 6.45) is 1.55. The van der Waals surface area contributed by atoms with Crippen LogP contribution in [0.3, 0.4) is 0 Å². The Hall–Kier alpha value is -3.94. The quantitative estimate of drug-likeness (QED) is 0.332. The number of hydrogen-bond acceptors (Lipinski definition) is 6. The van der Waals surface area contributed by atoms with Crippen LogP contribution < -0.4 is 14.9 Å². The number of amides is 1. The fraction of sp³-hybridized carbons (Fsp3) is 0.217. The van der Waals surface area contributed by atoms with Gasteiger partial charge in [-0.25, -0.2) is 5.43 Å². The van der Waals surface area contributed by atoms with E-state index in [1.54, 1.807) is 20.1 Å².